The number of hydrogen-bond donors (Lipinski definition) is 5. The second-order valence-corrected chi connectivity index (χ2v) is 10.9. The molecule has 3 heterocycles. The largest absolute Gasteiger partial charge is 0.505 e. The monoisotopic (exact) mass is 643 g/mol. The van der Waals surface area contributed by atoms with E-state index in [1.54, 1.807) is 30.3 Å². The number of aromatic hydroxyl groups is 1. The van der Waals surface area contributed by atoms with Crippen LogP contribution in [0.25, 0.3) is 0 Å². The average Bonchev–Trinajstić information content (AvgIpc) is 3.02. The highest BCUT2D eigenvalue weighted by atomic mass is 19.2. The van der Waals surface area contributed by atoms with Crippen LogP contribution in [-0.4, -0.2) is 74.2 Å². The molecule has 1 saturated heterocycles. The first-order chi connectivity index (χ1) is 21.8. The van der Waals surface area contributed by atoms with E-state index >= 15 is 0 Å². The van der Waals surface area contributed by atoms with Crippen LogP contribution in [0.2, 0.25) is 0 Å². The maximum absolute atomic E-state index is 14.8. The number of hydrogen-bond acceptors (Lipinski definition) is 9. The summed E-state index contributed by atoms with van der Waals surface area (Å²) in [6.45, 7) is 3.65. The summed E-state index contributed by atoms with van der Waals surface area (Å²) in [6.07, 6.45) is -2.68. The number of pyridine rings is 2. The lowest BCUT2D eigenvalue weighted by Gasteiger charge is -2.33. The first kappa shape index (κ1) is 33.8. The van der Waals surface area contributed by atoms with E-state index in [0.717, 1.165) is 6.92 Å². The van der Waals surface area contributed by atoms with Gasteiger partial charge in [0.1, 0.15) is 23.9 Å². The number of benzene rings is 1. The van der Waals surface area contributed by atoms with Crippen LogP contribution in [0.15, 0.2) is 48.7 Å². The third kappa shape index (κ3) is 7.59. The van der Waals surface area contributed by atoms with Crippen molar-refractivity contribution in [2.45, 2.75) is 63.9 Å². The maximum atomic E-state index is 14.8. The Labute approximate surface area is 261 Å². The molecule has 244 valence electrons. The number of halogens is 3. The second kappa shape index (κ2) is 14.4. The molecule has 1 aliphatic heterocycles. The minimum Gasteiger partial charge on any atom is -0.505 e. The molecule has 0 saturated carbocycles. The molecule has 1 aromatic carbocycles. The van der Waals surface area contributed by atoms with Crippen molar-refractivity contribution < 1.29 is 47.3 Å². The Kier molecular flexibility index (Phi) is 10.6. The van der Waals surface area contributed by atoms with Crippen molar-refractivity contribution in [2.75, 3.05) is 0 Å². The van der Waals surface area contributed by atoms with E-state index in [9.17, 15) is 42.6 Å². The van der Waals surface area contributed by atoms with Gasteiger partial charge in [-0.15, -0.1) is 0 Å². The molecule has 3 amide bonds. The molecule has 12 nitrogen and oxygen atoms in total. The molecule has 1 unspecified atom stereocenters. The summed E-state index contributed by atoms with van der Waals surface area (Å²) in [4.78, 5) is 60.2. The number of cyclic esters (lactones) is 1. The zero-order valence-electron chi connectivity index (χ0n) is 25.0. The predicted octanol–water partition coefficient (Wildman–Crippen LogP) is 1.40. The molecule has 0 spiro atoms. The average molecular weight is 644 g/mol. The van der Waals surface area contributed by atoms with Gasteiger partial charge in [-0.05, 0) is 37.1 Å². The number of nitrogens with one attached hydrogen (secondary N) is 3. The van der Waals surface area contributed by atoms with Crippen LogP contribution in [0.4, 0.5) is 13.2 Å². The van der Waals surface area contributed by atoms with E-state index in [2.05, 4.69) is 25.9 Å². The van der Waals surface area contributed by atoms with Gasteiger partial charge in [-0.1, -0.05) is 37.3 Å². The molecule has 15 heteroatoms. The lowest BCUT2D eigenvalue weighted by molar-refractivity contribution is -0.156. The summed E-state index contributed by atoms with van der Waals surface area (Å²) >= 11 is 0. The fraction of sp³-hybridized carbons (Fsp3) is 0.355. The molecule has 3 aromatic rings. The standard InChI is InChI=1S/C31H32F3N5O7/c1-14-18(26(33)39-27(34)22(14)32)13-19-25(41)15(2)28(42)37-20(12-17-8-5-4-6-9-17)31(45)46-16(3)23(29(43)36-19)38-30(44)24-21(40)10-7-11-35-24/h4-11,15-16,19-20,23,25,40-41H,12-13H2,1-3H3,(H,36,43)(H,37,42)(H,38,44)/t15-,16-,19+,20?,23+,25+/m1/s1. The molecule has 46 heavy (non-hydrogen) atoms. The molecule has 1 fully saturated rings. The first-order valence-corrected chi connectivity index (χ1v) is 14.3. The summed E-state index contributed by atoms with van der Waals surface area (Å²) in [5.74, 6) is -10.3. The molecular weight excluding hydrogens is 611 g/mol. The lowest BCUT2D eigenvalue weighted by atomic mass is 9.90. The van der Waals surface area contributed by atoms with Crippen molar-refractivity contribution in [3.8, 4) is 5.75 Å². The number of ether oxygens (including phenoxy) is 1. The molecule has 0 radical (unpaired) electrons. The molecule has 2 aromatic heterocycles. The van der Waals surface area contributed by atoms with Crippen molar-refractivity contribution in [3.63, 3.8) is 0 Å². The van der Waals surface area contributed by atoms with E-state index in [4.69, 9.17) is 4.74 Å². The van der Waals surface area contributed by atoms with Crippen LogP contribution >= 0.6 is 0 Å². The topological polar surface area (TPSA) is 180 Å². The van der Waals surface area contributed by atoms with Gasteiger partial charge in [0.15, 0.2) is 11.5 Å². The summed E-state index contributed by atoms with van der Waals surface area (Å²) < 4.78 is 48.5. The molecule has 0 aliphatic carbocycles. The van der Waals surface area contributed by atoms with Crippen LogP contribution < -0.4 is 16.0 Å². The summed E-state index contributed by atoms with van der Waals surface area (Å²) in [5.41, 5.74) is -0.774. The van der Waals surface area contributed by atoms with Crippen molar-refractivity contribution in [1.29, 1.82) is 0 Å². The van der Waals surface area contributed by atoms with Crippen molar-refractivity contribution in [2.24, 2.45) is 5.92 Å². The van der Waals surface area contributed by atoms with Crippen molar-refractivity contribution in [3.05, 3.63) is 88.8 Å². The Morgan fingerprint density at radius 1 is 0.978 bits per heavy atom. The van der Waals surface area contributed by atoms with Gasteiger partial charge in [0, 0.05) is 24.6 Å². The number of aliphatic hydroxyl groups excluding tert-OH is 1. The van der Waals surface area contributed by atoms with Gasteiger partial charge in [0.25, 0.3) is 11.9 Å². The highest BCUT2D eigenvalue weighted by molar-refractivity contribution is 5.98. The Morgan fingerprint density at radius 2 is 1.67 bits per heavy atom. The van der Waals surface area contributed by atoms with Crippen LogP contribution in [0, 0.1) is 30.6 Å². The first-order valence-electron chi connectivity index (χ1n) is 14.3. The van der Waals surface area contributed by atoms with Gasteiger partial charge in [-0.2, -0.15) is 13.8 Å². The number of carbonyl (C=O) groups is 4. The Bertz CT molecular complexity index is 1630. The number of esters is 1. The van der Waals surface area contributed by atoms with Gasteiger partial charge in [0.05, 0.1) is 18.1 Å². The molecule has 6 atom stereocenters. The lowest BCUT2D eigenvalue weighted by Crippen LogP contribution is -2.61. The number of aromatic nitrogens is 2. The Balaban J connectivity index is 1.75. The summed E-state index contributed by atoms with van der Waals surface area (Å²) in [6, 6.07) is 6.61. The summed E-state index contributed by atoms with van der Waals surface area (Å²) in [7, 11) is 0. The van der Waals surface area contributed by atoms with Crippen molar-refractivity contribution in [1.82, 2.24) is 25.9 Å². The van der Waals surface area contributed by atoms with Gasteiger partial charge in [-0.3, -0.25) is 14.4 Å². The quantitative estimate of drug-likeness (QED) is 0.196. The highest BCUT2D eigenvalue weighted by Crippen LogP contribution is 2.23. The van der Waals surface area contributed by atoms with Crippen LogP contribution in [-0.2, 0) is 32.0 Å². The third-order valence-electron chi connectivity index (χ3n) is 7.72. The fourth-order valence-corrected chi connectivity index (χ4v) is 4.99. The summed E-state index contributed by atoms with van der Waals surface area (Å²) in [5, 5.41) is 28.8. The zero-order valence-corrected chi connectivity index (χ0v) is 25.0. The normalized spacial score (nSPS) is 24.1. The fourth-order valence-electron chi connectivity index (χ4n) is 4.99. The van der Waals surface area contributed by atoms with Gasteiger partial charge in [-0.25, -0.2) is 14.2 Å². The number of amides is 3. The molecule has 5 N–H and O–H groups in total. The van der Waals surface area contributed by atoms with Crippen LogP contribution in [0.3, 0.4) is 0 Å². The smallest absolute Gasteiger partial charge is 0.329 e. The van der Waals surface area contributed by atoms with Crippen molar-refractivity contribution >= 4 is 23.7 Å². The SMILES string of the molecule is Cc1c(F)c(F)nc(F)c1C[C@@H]1NC(=O)[C@@H](NC(=O)c2ncccc2O)[C@@H](C)OC(=O)C(Cc2ccccc2)NC(=O)[C@H](C)[C@@H]1O. The molecular formula is C31H32F3N5O7. The Hall–Kier alpha value is -5.05. The maximum Gasteiger partial charge on any atom is 0.329 e. The number of aliphatic hydroxyl groups is 1. The predicted molar refractivity (Wildman–Crippen MR) is 154 cm³/mol. The van der Waals surface area contributed by atoms with E-state index in [1.165, 1.54) is 32.2 Å². The van der Waals surface area contributed by atoms with E-state index in [0.29, 0.717) is 5.56 Å². The minimum atomic E-state index is -1.78. The Morgan fingerprint density at radius 3 is 2.35 bits per heavy atom. The van der Waals surface area contributed by atoms with Crippen LogP contribution in [0.5, 0.6) is 5.75 Å². The minimum absolute atomic E-state index is 0.0413. The number of carbonyl (C=O) groups excluding carboxylic acids is 4. The third-order valence-corrected chi connectivity index (χ3v) is 7.72. The van der Waals surface area contributed by atoms with E-state index in [1.807, 2.05) is 0 Å². The van der Waals surface area contributed by atoms with Gasteiger partial charge < -0.3 is 30.9 Å². The molecule has 0 bridgehead atoms. The second-order valence-electron chi connectivity index (χ2n) is 10.9. The molecule has 4 rings (SSSR count). The van der Waals surface area contributed by atoms with Gasteiger partial charge >= 0.3 is 5.97 Å². The van der Waals surface area contributed by atoms with E-state index < -0.39 is 107 Å². The number of rotatable bonds is 6. The van der Waals surface area contributed by atoms with E-state index in [-0.39, 0.29) is 6.42 Å². The van der Waals surface area contributed by atoms with Crippen LogP contribution in [0.1, 0.15) is 41.0 Å². The zero-order chi connectivity index (χ0) is 33.7. The number of nitrogens with zero attached hydrogens (tertiary/aromatic N) is 2. The highest BCUT2D eigenvalue weighted by Gasteiger charge is 2.40. The molecule has 1 aliphatic rings. The van der Waals surface area contributed by atoms with Gasteiger partial charge in [0.2, 0.25) is 17.8 Å².